The van der Waals surface area contributed by atoms with Gasteiger partial charge in [-0.05, 0) is 48.1 Å². The molecule has 0 aliphatic carbocycles. The van der Waals surface area contributed by atoms with E-state index in [1.54, 1.807) is 7.11 Å². The molecule has 22 heavy (non-hydrogen) atoms. The smallest absolute Gasteiger partial charge is 0.127 e. The summed E-state index contributed by atoms with van der Waals surface area (Å²) in [5, 5.41) is 0. The highest BCUT2D eigenvalue weighted by molar-refractivity contribution is 5.86. The van der Waals surface area contributed by atoms with Crippen molar-refractivity contribution in [3.63, 3.8) is 0 Å². The van der Waals surface area contributed by atoms with Crippen LogP contribution in [0.1, 0.15) is 43.0 Å². The van der Waals surface area contributed by atoms with Crippen LogP contribution in [-0.4, -0.2) is 13.3 Å². The van der Waals surface area contributed by atoms with Gasteiger partial charge >= 0.3 is 0 Å². The molecule has 0 amide bonds. The molecule has 2 nitrogen and oxygen atoms in total. The maximum atomic E-state index is 5.47. The van der Waals surface area contributed by atoms with Gasteiger partial charge < -0.3 is 4.74 Å². The Labute approximate surface area is 133 Å². The van der Waals surface area contributed by atoms with Crippen molar-refractivity contribution in [1.82, 2.24) is 0 Å². The van der Waals surface area contributed by atoms with Crippen LogP contribution in [0, 0.1) is 13.8 Å². The van der Waals surface area contributed by atoms with Gasteiger partial charge in [0.1, 0.15) is 5.75 Å². The molecular weight excluding hydrogens is 270 g/mol. The second-order valence-corrected chi connectivity index (χ2v) is 6.71. The first kappa shape index (κ1) is 16.3. The number of ether oxygens (including phenoxy) is 1. The van der Waals surface area contributed by atoms with E-state index in [-0.39, 0.29) is 5.41 Å². The van der Waals surface area contributed by atoms with Crippen LogP contribution in [0.3, 0.4) is 0 Å². The summed E-state index contributed by atoms with van der Waals surface area (Å²) in [6.07, 6.45) is 1.91. The molecule has 0 N–H and O–H groups in total. The Kier molecular flexibility index (Phi) is 4.70. The lowest BCUT2D eigenvalue weighted by atomic mass is 9.86. The van der Waals surface area contributed by atoms with E-state index < -0.39 is 0 Å². The van der Waals surface area contributed by atoms with Gasteiger partial charge in [-0.15, -0.1) is 0 Å². The topological polar surface area (TPSA) is 21.6 Å². The monoisotopic (exact) mass is 295 g/mol. The molecule has 116 valence electrons. The number of hydrogen-bond donors (Lipinski definition) is 0. The summed E-state index contributed by atoms with van der Waals surface area (Å²) < 4.78 is 5.47. The lowest BCUT2D eigenvalue weighted by molar-refractivity contribution is 0.413. The Bertz CT molecular complexity index is 673. The van der Waals surface area contributed by atoms with Crippen LogP contribution in [0.15, 0.2) is 41.4 Å². The number of para-hydroxylation sites is 1. The number of aryl methyl sites for hydroxylation is 2. The maximum absolute atomic E-state index is 5.47. The first-order chi connectivity index (χ1) is 10.3. The number of rotatable bonds is 3. The van der Waals surface area contributed by atoms with Gasteiger partial charge in [-0.2, -0.15) is 0 Å². The van der Waals surface area contributed by atoms with Crippen LogP contribution in [0.4, 0.5) is 5.69 Å². The van der Waals surface area contributed by atoms with Crippen molar-refractivity contribution >= 4 is 11.9 Å². The second kappa shape index (κ2) is 6.35. The third-order valence-electron chi connectivity index (χ3n) is 3.87. The predicted molar refractivity (Wildman–Crippen MR) is 94.9 cm³/mol. The zero-order chi connectivity index (χ0) is 16.3. The second-order valence-electron chi connectivity index (χ2n) is 6.71. The van der Waals surface area contributed by atoms with E-state index in [0.29, 0.717) is 0 Å². The molecule has 0 saturated heterocycles. The molecule has 0 aliphatic rings. The molecular formula is C20H25NO. The van der Waals surface area contributed by atoms with Gasteiger partial charge in [-0.25, -0.2) is 0 Å². The van der Waals surface area contributed by atoms with Crippen molar-refractivity contribution in [2.45, 2.75) is 40.0 Å². The fourth-order valence-corrected chi connectivity index (χ4v) is 2.45. The lowest BCUT2D eigenvalue weighted by Crippen LogP contribution is -2.11. The van der Waals surface area contributed by atoms with Crippen molar-refractivity contribution < 1.29 is 4.74 Å². The normalized spacial score (nSPS) is 11.9. The van der Waals surface area contributed by atoms with Crippen molar-refractivity contribution in [1.29, 1.82) is 0 Å². The third-order valence-corrected chi connectivity index (χ3v) is 3.87. The maximum Gasteiger partial charge on any atom is 0.127 e. The van der Waals surface area contributed by atoms with Crippen LogP contribution in [0.25, 0.3) is 0 Å². The molecule has 0 aliphatic heterocycles. The molecule has 0 unspecified atom stereocenters. The molecule has 0 fully saturated rings. The van der Waals surface area contributed by atoms with Crippen molar-refractivity contribution in [3.05, 3.63) is 58.7 Å². The molecule has 0 spiro atoms. The summed E-state index contributed by atoms with van der Waals surface area (Å²) in [5.41, 5.74) is 5.79. The van der Waals surface area contributed by atoms with Crippen molar-refractivity contribution in [2.75, 3.05) is 7.11 Å². The molecule has 0 aromatic heterocycles. The molecule has 0 radical (unpaired) electrons. The van der Waals surface area contributed by atoms with Gasteiger partial charge in [-0.1, -0.05) is 45.0 Å². The summed E-state index contributed by atoms with van der Waals surface area (Å²) in [6.45, 7) is 10.8. The molecule has 0 heterocycles. The summed E-state index contributed by atoms with van der Waals surface area (Å²) in [5.74, 6) is 0.850. The van der Waals surface area contributed by atoms with Gasteiger partial charge in [0.25, 0.3) is 0 Å². The van der Waals surface area contributed by atoms with Crippen molar-refractivity contribution in [2.24, 2.45) is 4.99 Å². The first-order valence-electron chi connectivity index (χ1n) is 7.61. The van der Waals surface area contributed by atoms with E-state index in [9.17, 15) is 0 Å². The quantitative estimate of drug-likeness (QED) is 0.698. The zero-order valence-corrected chi connectivity index (χ0v) is 14.4. The fourth-order valence-electron chi connectivity index (χ4n) is 2.45. The van der Waals surface area contributed by atoms with Gasteiger partial charge in [0.15, 0.2) is 0 Å². The molecule has 2 rings (SSSR count). The van der Waals surface area contributed by atoms with E-state index in [1.807, 2.05) is 12.3 Å². The number of benzene rings is 2. The van der Waals surface area contributed by atoms with Crippen LogP contribution < -0.4 is 4.74 Å². The zero-order valence-electron chi connectivity index (χ0n) is 14.4. The minimum Gasteiger partial charge on any atom is -0.496 e. The molecule has 2 aromatic carbocycles. The average molecular weight is 295 g/mol. The molecule has 0 atom stereocenters. The Balaban J connectivity index is 2.45. The minimum atomic E-state index is 0.105. The van der Waals surface area contributed by atoms with E-state index in [2.05, 4.69) is 65.0 Å². The van der Waals surface area contributed by atoms with Crippen LogP contribution in [0.5, 0.6) is 5.75 Å². The van der Waals surface area contributed by atoms with E-state index in [1.165, 1.54) is 16.7 Å². The van der Waals surface area contributed by atoms with Gasteiger partial charge in [0.05, 0.1) is 12.8 Å². The van der Waals surface area contributed by atoms with Crippen molar-refractivity contribution in [3.8, 4) is 5.75 Å². The van der Waals surface area contributed by atoms with E-state index >= 15 is 0 Å². The van der Waals surface area contributed by atoms with E-state index in [0.717, 1.165) is 17.0 Å². The number of aliphatic imine (C=N–C) groups is 1. The average Bonchev–Trinajstić information content (AvgIpc) is 2.45. The molecule has 0 saturated carbocycles. The van der Waals surface area contributed by atoms with E-state index in [4.69, 9.17) is 9.73 Å². The van der Waals surface area contributed by atoms with Crippen LogP contribution in [0.2, 0.25) is 0 Å². The summed E-state index contributed by atoms with van der Waals surface area (Å²) >= 11 is 0. The Hall–Kier alpha value is -2.09. The highest BCUT2D eigenvalue weighted by atomic mass is 16.5. The van der Waals surface area contributed by atoms with Gasteiger partial charge in [0.2, 0.25) is 0 Å². The Morgan fingerprint density at radius 1 is 1.00 bits per heavy atom. The fraction of sp³-hybridized carbons (Fsp3) is 0.350. The number of hydrogen-bond acceptors (Lipinski definition) is 2. The Morgan fingerprint density at radius 2 is 1.64 bits per heavy atom. The van der Waals surface area contributed by atoms with Gasteiger partial charge in [-0.3, -0.25) is 4.99 Å². The highest BCUT2D eigenvalue weighted by Crippen LogP contribution is 2.28. The minimum absolute atomic E-state index is 0.105. The predicted octanol–water partition coefficient (Wildman–Crippen LogP) is 5.36. The summed E-state index contributed by atoms with van der Waals surface area (Å²) in [4.78, 5) is 4.70. The third kappa shape index (κ3) is 3.56. The Morgan fingerprint density at radius 3 is 2.18 bits per heavy atom. The standard InChI is InChI=1S/C20H25NO/c1-14-8-7-9-15(2)19(14)21-13-16-12-17(20(3,4)5)10-11-18(16)22-6/h7-13H,1-6H3/b21-13-. The number of methoxy groups -OCH3 is 1. The first-order valence-corrected chi connectivity index (χ1v) is 7.61. The lowest BCUT2D eigenvalue weighted by Gasteiger charge is -2.20. The highest BCUT2D eigenvalue weighted by Gasteiger charge is 2.15. The number of nitrogens with zero attached hydrogens (tertiary/aromatic N) is 1. The van der Waals surface area contributed by atoms with Crippen LogP contribution >= 0.6 is 0 Å². The largest absolute Gasteiger partial charge is 0.496 e. The SMILES string of the molecule is COc1ccc(C(C)(C)C)cc1/C=N\c1c(C)cccc1C. The summed E-state index contributed by atoms with van der Waals surface area (Å²) in [6, 6.07) is 12.5. The molecule has 2 heteroatoms. The van der Waals surface area contributed by atoms with Crippen LogP contribution in [-0.2, 0) is 5.41 Å². The summed E-state index contributed by atoms with van der Waals surface area (Å²) in [7, 11) is 1.70. The molecule has 2 aromatic rings. The molecule has 0 bridgehead atoms. The van der Waals surface area contributed by atoms with Gasteiger partial charge in [0, 0.05) is 11.8 Å².